The lowest BCUT2D eigenvalue weighted by Gasteiger charge is -2.41. The number of nitrogens with one attached hydrogen (secondary N) is 1. The number of hydrogen-bond acceptors (Lipinski definition) is 4. The summed E-state index contributed by atoms with van der Waals surface area (Å²) in [5, 5.41) is 7.87. The molecular formula is C18H28N4O2. The first-order valence-corrected chi connectivity index (χ1v) is 9.23. The van der Waals surface area contributed by atoms with Gasteiger partial charge in [-0.2, -0.15) is 5.10 Å². The van der Waals surface area contributed by atoms with E-state index < -0.39 is 5.60 Å². The van der Waals surface area contributed by atoms with Gasteiger partial charge in [0, 0.05) is 31.4 Å². The Morgan fingerprint density at radius 2 is 2.25 bits per heavy atom. The van der Waals surface area contributed by atoms with Crippen LogP contribution >= 0.6 is 0 Å². The number of ether oxygens (including phenoxy) is 1. The Morgan fingerprint density at radius 3 is 3.00 bits per heavy atom. The molecule has 2 saturated heterocycles. The van der Waals surface area contributed by atoms with Gasteiger partial charge >= 0.3 is 0 Å². The highest BCUT2D eigenvalue weighted by molar-refractivity contribution is 5.82. The van der Waals surface area contributed by atoms with Crippen LogP contribution < -0.4 is 5.32 Å². The third kappa shape index (κ3) is 2.86. The number of fused-ring (bicyclic) bond motifs is 1. The zero-order valence-electron chi connectivity index (χ0n) is 14.7. The summed E-state index contributed by atoms with van der Waals surface area (Å²) in [6, 6.07) is 0.549. The van der Waals surface area contributed by atoms with E-state index in [0.717, 1.165) is 12.0 Å². The standard InChI is InChI=1S/C18H28N4O2/c1-18(14-10-19-21(2)11-14)12-22(7-8-24-18)17(23)16-9-13-5-3-4-6-15(13)20-16/h10-11,13,15-16,20H,3-9,12H2,1-2H3/t13-,15+,16-,18-/m0/s1. The van der Waals surface area contributed by atoms with E-state index in [4.69, 9.17) is 4.74 Å². The zero-order chi connectivity index (χ0) is 16.7. The van der Waals surface area contributed by atoms with Gasteiger partial charge in [-0.3, -0.25) is 9.48 Å². The lowest BCUT2D eigenvalue weighted by atomic mass is 9.85. The van der Waals surface area contributed by atoms with Crippen molar-refractivity contribution in [2.45, 2.75) is 56.7 Å². The van der Waals surface area contributed by atoms with Crippen LogP contribution in [0.25, 0.3) is 0 Å². The van der Waals surface area contributed by atoms with Crippen LogP contribution in [0.1, 0.15) is 44.6 Å². The van der Waals surface area contributed by atoms with Crippen LogP contribution in [0.2, 0.25) is 0 Å². The molecule has 1 aromatic rings. The van der Waals surface area contributed by atoms with Crippen molar-refractivity contribution in [2.75, 3.05) is 19.7 Å². The summed E-state index contributed by atoms with van der Waals surface area (Å²) in [7, 11) is 1.91. The quantitative estimate of drug-likeness (QED) is 0.890. The van der Waals surface area contributed by atoms with Crippen molar-refractivity contribution < 1.29 is 9.53 Å². The van der Waals surface area contributed by atoms with Crippen LogP contribution in [0, 0.1) is 5.92 Å². The number of amides is 1. The molecule has 0 unspecified atom stereocenters. The summed E-state index contributed by atoms with van der Waals surface area (Å²) in [4.78, 5) is 15.0. The van der Waals surface area contributed by atoms with Crippen LogP contribution in [-0.2, 0) is 22.2 Å². The monoisotopic (exact) mass is 332 g/mol. The molecule has 2 aliphatic heterocycles. The van der Waals surface area contributed by atoms with Gasteiger partial charge in [0.05, 0.1) is 25.4 Å². The SMILES string of the molecule is Cn1cc([C@]2(C)CN(C(=O)[C@@H]3C[C@@H]4CCCC[C@H]4N3)CCO2)cn1. The number of aromatic nitrogens is 2. The van der Waals surface area contributed by atoms with Crippen LogP contribution in [0.15, 0.2) is 12.4 Å². The predicted octanol–water partition coefficient (Wildman–Crippen LogP) is 1.41. The Labute approximate surface area is 143 Å². The van der Waals surface area contributed by atoms with Gasteiger partial charge in [-0.15, -0.1) is 0 Å². The van der Waals surface area contributed by atoms with Crippen molar-refractivity contribution in [3.05, 3.63) is 18.0 Å². The number of hydrogen-bond donors (Lipinski definition) is 1. The third-order valence-electron chi connectivity index (χ3n) is 6.06. The fraction of sp³-hybridized carbons (Fsp3) is 0.778. The van der Waals surface area contributed by atoms with E-state index in [1.165, 1.54) is 25.7 Å². The van der Waals surface area contributed by atoms with Gasteiger partial charge in [-0.25, -0.2) is 0 Å². The first kappa shape index (κ1) is 16.1. The molecule has 6 nitrogen and oxygen atoms in total. The maximum absolute atomic E-state index is 13.1. The van der Waals surface area contributed by atoms with Crippen molar-refractivity contribution in [3.8, 4) is 0 Å². The van der Waals surface area contributed by atoms with Crippen molar-refractivity contribution in [1.29, 1.82) is 0 Å². The van der Waals surface area contributed by atoms with Crippen molar-refractivity contribution in [3.63, 3.8) is 0 Å². The normalized spacial score (nSPS) is 36.6. The summed E-state index contributed by atoms with van der Waals surface area (Å²) in [5.41, 5.74) is 0.573. The Hall–Kier alpha value is -1.40. The van der Waals surface area contributed by atoms with Gasteiger partial charge in [0.1, 0.15) is 5.60 Å². The number of aryl methyl sites for hydroxylation is 1. The van der Waals surface area contributed by atoms with Crippen LogP contribution in [-0.4, -0.2) is 52.4 Å². The van der Waals surface area contributed by atoms with E-state index in [2.05, 4.69) is 17.3 Å². The van der Waals surface area contributed by atoms with Crippen molar-refractivity contribution >= 4 is 5.91 Å². The number of morpholine rings is 1. The molecule has 4 atom stereocenters. The molecule has 0 aromatic carbocycles. The highest BCUT2D eigenvalue weighted by atomic mass is 16.5. The summed E-state index contributed by atoms with van der Waals surface area (Å²) in [6.45, 7) is 3.93. The van der Waals surface area contributed by atoms with E-state index in [-0.39, 0.29) is 11.9 Å². The van der Waals surface area contributed by atoms with Crippen LogP contribution in [0.4, 0.5) is 0 Å². The molecule has 1 aromatic heterocycles. The second kappa shape index (κ2) is 6.15. The van der Waals surface area contributed by atoms with Gasteiger partial charge in [0.25, 0.3) is 0 Å². The lowest BCUT2D eigenvalue weighted by molar-refractivity contribution is -0.151. The molecular weight excluding hydrogens is 304 g/mol. The van der Waals surface area contributed by atoms with Gasteiger partial charge in [0.2, 0.25) is 5.91 Å². The molecule has 0 radical (unpaired) electrons. The first-order valence-electron chi connectivity index (χ1n) is 9.23. The van der Waals surface area contributed by atoms with Crippen LogP contribution in [0.5, 0.6) is 0 Å². The molecule has 3 heterocycles. The second-order valence-electron chi connectivity index (χ2n) is 7.85. The van der Waals surface area contributed by atoms with E-state index in [1.807, 2.05) is 24.3 Å². The average Bonchev–Trinajstić information content (AvgIpc) is 3.20. The molecule has 6 heteroatoms. The first-order chi connectivity index (χ1) is 11.5. The van der Waals surface area contributed by atoms with E-state index in [9.17, 15) is 4.79 Å². The van der Waals surface area contributed by atoms with Gasteiger partial charge in [0.15, 0.2) is 0 Å². The fourth-order valence-electron chi connectivity index (χ4n) is 4.66. The van der Waals surface area contributed by atoms with Crippen LogP contribution in [0.3, 0.4) is 0 Å². The number of carbonyl (C=O) groups is 1. The zero-order valence-corrected chi connectivity index (χ0v) is 14.7. The molecule has 1 saturated carbocycles. The Kier molecular flexibility index (Phi) is 4.12. The minimum absolute atomic E-state index is 0.00523. The number of rotatable bonds is 2. The molecule has 3 aliphatic rings. The number of carbonyl (C=O) groups excluding carboxylic acids is 1. The maximum atomic E-state index is 13.1. The Bertz CT molecular complexity index is 602. The van der Waals surface area contributed by atoms with Gasteiger partial charge < -0.3 is 15.0 Å². The average molecular weight is 332 g/mol. The minimum atomic E-state index is -0.465. The Morgan fingerprint density at radius 1 is 1.42 bits per heavy atom. The molecule has 24 heavy (non-hydrogen) atoms. The second-order valence-corrected chi connectivity index (χ2v) is 7.85. The fourth-order valence-corrected chi connectivity index (χ4v) is 4.66. The van der Waals surface area contributed by atoms with Crippen molar-refractivity contribution in [1.82, 2.24) is 20.0 Å². The maximum Gasteiger partial charge on any atom is 0.239 e. The lowest BCUT2D eigenvalue weighted by Crippen LogP contribution is -2.54. The van der Waals surface area contributed by atoms with Gasteiger partial charge in [-0.1, -0.05) is 12.8 Å². The molecule has 3 fully saturated rings. The molecule has 0 spiro atoms. The minimum Gasteiger partial charge on any atom is -0.367 e. The van der Waals surface area contributed by atoms with Gasteiger partial charge in [-0.05, 0) is 32.1 Å². The summed E-state index contributed by atoms with van der Waals surface area (Å²) in [5.74, 6) is 0.946. The highest BCUT2D eigenvalue weighted by Crippen LogP contribution is 2.35. The van der Waals surface area contributed by atoms with E-state index >= 15 is 0 Å². The highest BCUT2D eigenvalue weighted by Gasteiger charge is 2.43. The molecule has 1 N–H and O–H groups in total. The largest absolute Gasteiger partial charge is 0.367 e. The summed E-state index contributed by atoms with van der Waals surface area (Å²) >= 11 is 0. The van der Waals surface area contributed by atoms with E-state index in [0.29, 0.717) is 31.7 Å². The molecule has 1 amide bonds. The molecule has 0 bridgehead atoms. The predicted molar refractivity (Wildman–Crippen MR) is 90.4 cm³/mol. The Balaban J connectivity index is 1.45. The topological polar surface area (TPSA) is 59.4 Å². The number of nitrogens with zero attached hydrogens (tertiary/aromatic N) is 3. The molecule has 132 valence electrons. The molecule has 4 rings (SSSR count). The van der Waals surface area contributed by atoms with Crippen molar-refractivity contribution in [2.24, 2.45) is 13.0 Å². The third-order valence-corrected chi connectivity index (χ3v) is 6.06. The molecule has 1 aliphatic carbocycles. The summed E-state index contributed by atoms with van der Waals surface area (Å²) < 4.78 is 7.82. The van der Waals surface area contributed by atoms with E-state index in [1.54, 1.807) is 4.68 Å². The summed E-state index contributed by atoms with van der Waals surface area (Å²) in [6.07, 6.45) is 9.95. The smallest absolute Gasteiger partial charge is 0.239 e.